The first-order chi connectivity index (χ1) is 5.40. The van der Waals surface area contributed by atoms with Crippen LogP contribution in [0.4, 0.5) is 0 Å². The summed E-state index contributed by atoms with van der Waals surface area (Å²) in [7, 11) is 0. The third-order valence-corrected chi connectivity index (χ3v) is 2.56. The van der Waals surface area contributed by atoms with Gasteiger partial charge >= 0.3 is 0 Å². The van der Waals surface area contributed by atoms with Gasteiger partial charge in [-0.3, -0.25) is 0 Å². The van der Waals surface area contributed by atoms with Crippen LogP contribution in [0.2, 0.25) is 0 Å². The van der Waals surface area contributed by atoms with Crippen LogP contribution < -0.4 is 4.18 Å². The molecule has 2 aromatic rings. The lowest BCUT2D eigenvalue weighted by Gasteiger charge is -1.82. The summed E-state index contributed by atoms with van der Waals surface area (Å²) >= 11 is 5.16. The molecule has 2 rings (SSSR count). The zero-order valence-corrected chi connectivity index (χ0v) is 7.23. The van der Waals surface area contributed by atoms with Gasteiger partial charge in [0.1, 0.15) is 0 Å². The lowest BCUT2D eigenvalue weighted by atomic mass is 10.3. The van der Waals surface area contributed by atoms with E-state index in [1.807, 2.05) is 24.3 Å². The van der Waals surface area contributed by atoms with Crippen LogP contribution in [0.15, 0.2) is 24.3 Å². The molecule has 0 atom stereocenters. The minimum atomic E-state index is 0.592. The molecule has 1 heterocycles. The maximum Gasteiger partial charge on any atom is 0.286 e. The number of benzene rings is 1. The van der Waals surface area contributed by atoms with Gasteiger partial charge in [-0.25, -0.2) is 4.98 Å². The second-order valence-electron chi connectivity index (χ2n) is 2.04. The lowest BCUT2D eigenvalue weighted by Crippen LogP contribution is -1.69. The summed E-state index contributed by atoms with van der Waals surface area (Å²) < 4.78 is 5.82. The Labute approximate surface area is 73.5 Å². The maximum atomic E-state index is 4.70. The Balaban J connectivity index is 2.69. The van der Waals surface area contributed by atoms with Crippen LogP contribution in [-0.2, 0) is 0 Å². The molecule has 0 N–H and O–H groups in total. The van der Waals surface area contributed by atoms with Gasteiger partial charge in [0.05, 0.1) is 10.2 Å². The van der Waals surface area contributed by atoms with E-state index in [-0.39, 0.29) is 0 Å². The average Bonchev–Trinajstić information content (AvgIpc) is 2.46. The Hall–Kier alpha value is -0.740. The molecule has 0 unspecified atom stereocenters. The van der Waals surface area contributed by atoms with Gasteiger partial charge in [-0.1, -0.05) is 23.5 Å². The van der Waals surface area contributed by atoms with E-state index in [9.17, 15) is 0 Å². The van der Waals surface area contributed by atoms with Gasteiger partial charge in [0.25, 0.3) is 5.19 Å². The summed E-state index contributed by atoms with van der Waals surface area (Å²) in [5, 5.41) is 0.592. The summed E-state index contributed by atoms with van der Waals surface area (Å²) in [6.45, 7) is 0. The monoisotopic (exact) mass is 183 g/mol. The molecule has 0 bridgehead atoms. The van der Waals surface area contributed by atoms with E-state index in [2.05, 4.69) is 17.9 Å². The Morgan fingerprint density at radius 2 is 2.18 bits per heavy atom. The Morgan fingerprint density at radius 1 is 1.36 bits per heavy atom. The van der Waals surface area contributed by atoms with Crippen LogP contribution in [0, 0.1) is 0 Å². The molecular formula is C7H5NOS2. The van der Waals surface area contributed by atoms with E-state index in [0.29, 0.717) is 5.19 Å². The Kier molecular flexibility index (Phi) is 1.71. The molecule has 0 amide bonds. The van der Waals surface area contributed by atoms with E-state index in [1.54, 1.807) is 0 Å². The first-order valence-electron chi connectivity index (χ1n) is 3.07. The first kappa shape index (κ1) is 6.94. The van der Waals surface area contributed by atoms with E-state index in [4.69, 9.17) is 4.18 Å². The molecule has 56 valence electrons. The number of hydrogen-bond donors (Lipinski definition) is 1. The molecule has 2 nitrogen and oxygen atoms in total. The number of thiazole rings is 1. The van der Waals surface area contributed by atoms with Crippen molar-refractivity contribution < 1.29 is 4.18 Å². The largest absolute Gasteiger partial charge is 0.399 e. The highest BCUT2D eigenvalue weighted by Gasteiger charge is 2.00. The Bertz CT molecular complexity index is 338. The van der Waals surface area contributed by atoms with Crippen molar-refractivity contribution in [1.82, 2.24) is 4.98 Å². The molecule has 4 heteroatoms. The topological polar surface area (TPSA) is 22.1 Å². The smallest absolute Gasteiger partial charge is 0.286 e. The summed E-state index contributed by atoms with van der Waals surface area (Å²) in [6.07, 6.45) is 0. The summed E-state index contributed by atoms with van der Waals surface area (Å²) in [5.41, 5.74) is 0.960. The van der Waals surface area contributed by atoms with Gasteiger partial charge in [-0.05, 0) is 12.1 Å². The van der Waals surface area contributed by atoms with Crippen LogP contribution in [0.3, 0.4) is 0 Å². The summed E-state index contributed by atoms with van der Waals surface area (Å²) in [5.74, 6) is 0. The van der Waals surface area contributed by atoms with Crippen molar-refractivity contribution in [1.29, 1.82) is 0 Å². The lowest BCUT2D eigenvalue weighted by molar-refractivity contribution is 0.653. The fourth-order valence-electron chi connectivity index (χ4n) is 0.890. The molecule has 0 aliphatic heterocycles. The third kappa shape index (κ3) is 1.19. The molecule has 0 saturated carbocycles. The van der Waals surface area contributed by atoms with Crippen molar-refractivity contribution in [2.75, 3.05) is 0 Å². The predicted octanol–water partition coefficient (Wildman–Crippen LogP) is 2.52. The molecular weight excluding hydrogens is 178 g/mol. The molecule has 1 aromatic heterocycles. The number of thiol groups is 1. The summed E-state index contributed by atoms with van der Waals surface area (Å²) in [6, 6.07) is 7.87. The second kappa shape index (κ2) is 2.71. The van der Waals surface area contributed by atoms with Crippen molar-refractivity contribution in [3.8, 4) is 5.19 Å². The molecule has 0 radical (unpaired) electrons. The minimum Gasteiger partial charge on any atom is -0.399 e. The second-order valence-corrected chi connectivity index (χ2v) is 3.21. The molecule has 0 saturated heterocycles. The highest BCUT2D eigenvalue weighted by atomic mass is 32.1. The number of rotatable bonds is 1. The molecule has 0 aliphatic rings. The van der Waals surface area contributed by atoms with Gasteiger partial charge in [0, 0.05) is 12.9 Å². The number of fused-ring (bicyclic) bond motifs is 1. The van der Waals surface area contributed by atoms with Crippen molar-refractivity contribution in [3.63, 3.8) is 0 Å². The normalized spacial score (nSPS) is 10.3. The van der Waals surface area contributed by atoms with Crippen LogP contribution in [0.25, 0.3) is 10.2 Å². The number of para-hydroxylation sites is 1. The van der Waals surface area contributed by atoms with Gasteiger partial charge in [0.15, 0.2) is 0 Å². The zero-order chi connectivity index (χ0) is 7.68. The zero-order valence-electron chi connectivity index (χ0n) is 5.52. The SMILES string of the molecule is SOc1nc2ccccc2s1. The van der Waals surface area contributed by atoms with Crippen molar-refractivity contribution >= 4 is 34.5 Å². The Morgan fingerprint density at radius 3 is 2.91 bits per heavy atom. The fraction of sp³-hybridized carbons (Fsp3) is 0. The molecule has 0 aliphatic carbocycles. The van der Waals surface area contributed by atoms with Crippen LogP contribution in [-0.4, -0.2) is 4.98 Å². The van der Waals surface area contributed by atoms with Gasteiger partial charge in [-0.2, -0.15) is 0 Å². The van der Waals surface area contributed by atoms with Crippen LogP contribution in [0.1, 0.15) is 0 Å². The van der Waals surface area contributed by atoms with Crippen LogP contribution in [0.5, 0.6) is 5.19 Å². The highest BCUT2D eigenvalue weighted by Crippen LogP contribution is 2.27. The minimum absolute atomic E-state index is 0.592. The predicted molar refractivity (Wildman–Crippen MR) is 49.2 cm³/mol. The van der Waals surface area contributed by atoms with E-state index in [0.717, 1.165) is 10.2 Å². The van der Waals surface area contributed by atoms with E-state index < -0.39 is 0 Å². The maximum absolute atomic E-state index is 4.70. The standard InChI is InChI=1S/C7H5NOS2/c10-9-7-8-5-3-1-2-4-6(5)11-7/h1-4,10H. The number of hydrogen-bond acceptors (Lipinski definition) is 4. The van der Waals surface area contributed by atoms with Gasteiger partial charge in [-0.15, -0.1) is 0 Å². The summed E-state index contributed by atoms with van der Waals surface area (Å²) in [4.78, 5) is 4.15. The van der Waals surface area contributed by atoms with Gasteiger partial charge in [0.2, 0.25) is 0 Å². The molecule has 0 fully saturated rings. The third-order valence-electron chi connectivity index (χ3n) is 1.35. The average molecular weight is 183 g/mol. The van der Waals surface area contributed by atoms with Crippen molar-refractivity contribution in [3.05, 3.63) is 24.3 Å². The van der Waals surface area contributed by atoms with Crippen molar-refractivity contribution in [2.45, 2.75) is 0 Å². The van der Waals surface area contributed by atoms with Crippen molar-refractivity contribution in [2.24, 2.45) is 0 Å². The molecule has 0 spiro atoms. The van der Waals surface area contributed by atoms with E-state index in [1.165, 1.54) is 11.3 Å². The quantitative estimate of drug-likeness (QED) is 0.542. The number of nitrogens with zero attached hydrogens (tertiary/aromatic N) is 1. The first-order valence-corrected chi connectivity index (χ1v) is 4.25. The highest BCUT2D eigenvalue weighted by molar-refractivity contribution is 7.75. The fourth-order valence-corrected chi connectivity index (χ4v) is 1.78. The molecule has 1 aromatic carbocycles. The van der Waals surface area contributed by atoms with Crippen LogP contribution >= 0.6 is 24.2 Å². The number of aromatic nitrogens is 1. The van der Waals surface area contributed by atoms with Gasteiger partial charge < -0.3 is 4.18 Å². The van der Waals surface area contributed by atoms with E-state index >= 15 is 0 Å². The molecule has 11 heavy (non-hydrogen) atoms.